The SMILES string of the molecule is C[NH2+][C@@H](C)Cc1ccc2c(c1)OCO2.[Cl-]. The van der Waals surface area contributed by atoms with Crippen LogP contribution in [0.15, 0.2) is 18.2 Å². The van der Waals surface area contributed by atoms with E-state index in [1.165, 1.54) is 5.56 Å². The maximum atomic E-state index is 5.32. The molecule has 1 aliphatic heterocycles. The molecular weight excluding hydrogens is 214 g/mol. The van der Waals surface area contributed by atoms with Crippen LogP contribution in [0.4, 0.5) is 0 Å². The summed E-state index contributed by atoms with van der Waals surface area (Å²) >= 11 is 0. The molecule has 84 valence electrons. The predicted octanol–water partition coefficient (Wildman–Crippen LogP) is -2.46. The molecule has 2 rings (SSSR count). The number of likely N-dealkylation sites (N-methyl/N-ethyl adjacent to an activating group) is 1. The van der Waals surface area contributed by atoms with E-state index in [9.17, 15) is 0 Å². The van der Waals surface area contributed by atoms with Gasteiger partial charge in [-0.25, -0.2) is 0 Å². The molecule has 0 unspecified atom stereocenters. The molecule has 1 aromatic carbocycles. The van der Waals surface area contributed by atoms with E-state index < -0.39 is 0 Å². The molecule has 1 atom stereocenters. The summed E-state index contributed by atoms with van der Waals surface area (Å²) in [7, 11) is 2.09. The summed E-state index contributed by atoms with van der Waals surface area (Å²) in [5, 5.41) is 2.21. The molecule has 3 nitrogen and oxygen atoms in total. The summed E-state index contributed by atoms with van der Waals surface area (Å²) in [5.41, 5.74) is 1.31. The van der Waals surface area contributed by atoms with Crippen molar-refractivity contribution in [1.29, 1.82) is 0 Å². The highest BCUT2D eigenvalue weighted by Crippen LogP contribution is 2.32. The Balaban J connectivity index is 0.00000112. The van der Waals surface area contributed by atoms with Gasteiger partial charge >= 0.3 is 0 Å². The van der Waals surface area contributed by atoms with Crippen molar-refractivity contribution in [2.75, 3.05) is 13.8 Å². The van der Waals surface area contributed by atoms with E-state index in [-0.39, 0.29) is 12.4 Å². The molecule has 0 aliphatic carbocycles. The molecule has 1 aliphatic rings. The van der Waals surface area contributed by atoms with Crippen LogP contribution >= 0.6 is 0 Å². The third kappa shape index (κ3) is 2.76. The lowest BCUT2D eigenvalue weighted by Crippen LogP contribution is -3.00. The maximum absolute atomic E-state index is 5.32. The van der Waals surface area contributed by atoms with E-state index in [0.29, 0.717) is 12.8 Å². The van der Waals surface area contributed by atoms with Crippen molar-refractivity contribution in [2.45, 2.75) is 19.4 Å². The highest BCUT2D eigenvalue weighted by atomic mass is 35.5. The Kier molecular flexibility index (Phi) is 4.24. The van der Waals surface area contributed by atoms with Crippen molar-refractivity contribution in [2.24, 2.45) is 0 Å². The lowest BCUT2D eigenvalue weighted by Gasteiger charge is -2.07. The van der Waals surface area contributed by atoms with Gasteiger partial charge in [-0.05, 0) is 24.6 Å². The zero-order chi connectivity index (χ0) is 9.97. The third-order valence-corrected chi connectivity index (χ3v) is 2.56. The summed E-state index contributed by atoms with van der Waals surface area (Å²) < 4.78 is 10.6. The van der Waals surface area contributed by atoms with Gasteiger partial charge in [-0.3, -0.25) is 0 Å². The van der Waals surface area contributed by atoms with Crippen LogP contribution in [-0.4, -0.2) is 19.9 Å². The molecule has 0 amide bonds. The van der Waals surface area contributed by atoms with Crippen LogP contribution in [0.1, 0.15) is 12.5 Å². The monoisotopic (exact) mass is 229 g/mol. The van der Waals surface area contributed by atoms with Crippen LogP contribution in [-0.2, 0) is 6.42 Å². The first kappa shape index (κ1) is 12.1. The van der Waals surface area contributed by atoms with E-state index in [1.807, 2.05) is 6.07 Å². The van der Waals surface area contributed by atoms with Crippen LogP contribution < -0.4 is 27.2 Å². The second-order valence-electron chi connectivity index (χ2n) is 3.70. The Morgan fingerprint density at radius 3 is 2.80 bits per heavy atom. The van der Waals surface area contributed by atoms with Gasteiger partial charge in [0.1, 0.15) is 0 Å². The topological polar surface area (TPSA) is 35.1 Å². The van der Waals surface area contributed by atoms with Crippen LogP contribution in [0.25, 0.3) is 0 Å². The number of halogens is 1. The minimum atomic E-state index is 0. The molecule has 0 saturated heterocycles. The zero-order valence-electron chi connectivity index (χ0n) is 9.00. The lowest BCUT2D eigenvalue weighted by atomic mass is 10.1. The Morgan fingerprint density at radius 1 is 1.33 bits per heavy atom. The quantitative estimate of drug-likeness (QED) is 0.625. The van der Waals surface area contributed by atoms with Crippen molar-refractivity contribution in [3.05, 3.63) is 23.8 Å². The fourth-order valence-corrected chi connectivity index (χ4v) is 1.56. The number of nitrogens with two attached hydrogens (primary N) is 1. The summed E-state index contributed by atoms with van der Waals surface area (Å²) in [5.74, 6) is 1.74. The van der Waals surface area contributed by atoms with Crippen LogP contribution in [0.5, 0.6) is 11.5 Å². The van der Waals surface area contributed by atoms with E-state index in [0.717, 1.165) is 17.9 Å². The Hall–Kier alpha value is -0.930. The normalized spacial score (nSPS) is 14.5. The molecule has 1 heterocycles. The van der Waals surface area contributed by atoms with Crippen molar-refractivity contribution >= 4 is 0 Å². The first-order chi connectivity index (χ1) is 6.79. The van der Waals surface area contributed by atoms with Gasteiger partial charge in [0.15, 0.2) is 11.5 Å². The molecule has 0 bridgehead atoms. The minimum Gasteiger partial charge on any atom is -1.00 e. The van der Waals surface area contributed by atoms with Crippen LogP contribution in [0.3, 0.4) is 0 Å². The number of fused-ring (bicyclic) bond motifs is 1. The van der Waals surface area contributed by atoms with Crippen molar-refractivity contribution in [1.82, 2.24) is 0 Å². The number of ether oxygens (including phenoxy) is 2. The van der Waals surface area contributed by atoms with E-state index in [1.54, 1.807) is 0 Å². The molecule has 0 saturated carbocycles. The van der Waals surface area contributed by atoms with Gasteiger partial charge in [0.05, 0.1) is 13.1 Å². The molecule has 15 heavy (non-hydrogen) atoms. The van der Waals surface area contributed by atoms with E-state index in [4.69, 9.17) is 9.47 Å². The smallest absolute Gasteiger partial charge is 0.231 e. The summed E-state index contributed by atoms with van der Waals surface area (Å²) in [6.07, 6.45) is 1.06. The molecule has 0 radical (unpaired) electrons. The summed E-state index contributed by atoms with van der Waals surface area (Å²) in [6, 6.07) is 6.77. The second-order valence-corrected chi connectivity index (χ2v) is 3.70. The number of benzene rings is 1. The highest BCUT2D eigenvalue weighted by molar-refractivity contribution is 5.44. The molecule has 2 N–H and O–H groups in total. The van der Waals surface area contributed by atoms with E-state index >= 15 is 0 Å². The van der Waals surface area contributed by atoms with Gasteiger partial charge in [-0.1, -0.05) is 6.07 Å². The lowest BCUT2D eigenvalue weighted by molar-refractivity contribution is -0.659. The average molecular weight is 230 g/mol. The average Bonchev–Trinajstić information content (AvgIpc) is 2.64. The molecule has 0 aromatic heterocycles. The Labute approximate surface area is 96.2 Å². The minimum absolute atomic E-state index is 0. The summed E-state index contributed by atoms with van der Waals surface area (Å²) in [4.78, 5) is 0. The van der Waals surface area contributed by atoms with Gasteiger partial charge < -0.3 is 27.2 Å². The molecule has 0 spiro atoms. The van der Waals surface area contributed by atoms with Crippen LogP contribution in [0.2, 0.25) is 0 Å². The molecule has 1 aromatic rings. The highest BCUT2D eigenvalue weighted by Gasteiger charge is 2.14. The summed E-state index contributed by atoms with van der Waals surface area (Å²) in [6.45, 7) is 2.57. The Bertz CT molecular complexity index is 330. The number of hydrogen-bond donors (Lipinski definition) is 1. The fourth-order valence-electron chi connectivity index (χ4n) is 1.56. The van der Waals surface area contributed by atoms with Crippen molar-refractivity contribution in [3.8, 4) is 11.5 Å². The largest absolute Gasteiger partial charge is 1.00 e. The van der Waals surface area contributed by atoms with E-state index in [2.05, 4.69) is 31.4 Å². The second kappa shape index (κ2) is 5.24. The molecular formula is C11H16ClNO2. The van der Waals surface area contributed by atoms with Crippen LogP contribution in [0, 0.1) is 0 Å². The Morgan fingerprint density at radius 2 is 2.07 bits per heavy atom. The fraction of sp³-hybridized carbons (Fsp3) is 0.455. The first-order valence-electron chi connectivity index (χ1n) is 4.97. The van der Waals surface area contributed by atoms with Crippen molar-refractivity contribution in [3.63, 3.8) is 0 Å². The van der Waals surface area contributed by atoms with Crippen molar-refractivity contribution < 1.29 is 27.2 Å². The third-order valence-electron chi connectivity index (χ3n) is 2.56. The van der Waals surface area contributed by atoms with Gasteiger partial charge in [0.2, 0.25) is 6.79 Å². The van der Waals surface area contributed by atoms with Gasteiger partial charge in [0.25, 0.3) is 0 Å². The standard InChI is InChI=1S/C11H15NO2.ClH/c1-8(12-2)5-9-3-4-10-11(6-9)14-7-13-10;/h3-4,6,8,12H,5,7H2,1-2H3;1H/t8-;/m0./s1. The van der Waals surface area contributed by atoms with Gasteiger partial charge in [0, 0.05) is 6.42 Å². The number of rotatable bonds is 3. The molecule has 4 heteroatoms. The first-order valence-corrected chi connectivity index (χ1v) is 4.97. The number of hydrogen-bond acceptors (Lipinski definition) is 2. The molecule has 0 fully saturated rings. The van der Waals surface area contributed by atoms with Gasteiger partial charge in [-0.15, -0.1) is 0 Å². The number of quaternary nitrogens is 1. The zero-order valence-corrected chi connectivity index (χ0v) is 9.75. The maximum Gasteiger partial charge on any atom is 0.231 e. The predicted molar refractivity (Wildman–Crippen MR) is 53.6 cm³/mol. The van der Waals surface area contributed by atoms with Gasteiger partial charge in [-0.2, -0.15) is 0 Å².